The molecule has 0 radical (unpaired) electrons. The molecular formula is C13H16IN3S. The zero-order valence-electron chi connectivity index (χ0n) is 10.5. The largest absolute Gasteiger partial charge is 0.308 e. The summed E-state index contributed by atoms with van der Waals surface area (Å²) in [4.78, 5) is 0. The van der Waals surface area contributed by atoms with Gasteiger partial charge < -0.3 is 5.32 Å². The van der Waals surface area contributed by atoms with Crippen molar-refractivity contribution >= 4 is 33.9 Å². The number of nitrogens with one attached hydrogen (secondary N) is 1. The van der Waals surface area contributed by atoms with Crippen molar-refractivity contribution in [1.29, 1.82) is 0 Å². The fourth-order valence-corrected chi connectivity index (χ4v) is 3.31. The van der Waals surface area contributed by atoms with Gasteiger partial charge in [0.05, 0.1) is 6.04 Å². The lowest BCUT2D eigenvalue weighted by molar-refractivity contribution is 0.531. The van der Waals surface area contributed by atoms with Gasteiger partial charge in [-0.15, -0.1) is 10.2 Å². The van der Waals surface area contributed by atoms with Crippen LogP contribution in [0.25, 0.3) is 10.6 Å². The monoisotopic (exact) mass is 373 g/mol. The molecule has 1 unspecified atom stereocenters. The molecule has 1 N–H and O–H groups in total. The van der Waals surface area contributed by atoms with Crippen LogP contribution in [0, 0.1) is 3.57 Å². The zero-order chi connectivity index (χ0) is 13.0. The molecule has 0 amide bonds. The summed E-state index contributed by atoms with van der Waals surface area (Å²) < 4.78 is 1.22. The minimum atomic E-state index is 0.323. The molecule has 1 atom stereocenters. The smallest absolute Gasteiger partial charge is 0.147 e. The van der Waals surface area contributed by atoms with Crippen molar-refractivity contribution in [2.75, 3.05) is 6.54 Å². The Kier molecular flexibility index (Phi) is 5.08. The van der Waals surface area contributed by atoms with Crippen LogP contribution in [0.2, 0.25) is 0 Å². The Morgan fingerprint density at radius 3 is 2.83 bits per heavy atom. The van der Waals surface area contributed by atoms with E-state index in [4.69, 9.17) is 0 Å². The third-order valence-electron chi connectivity index (χ3n) is 2.67. The summed E-state index contributed by atoms with van der Waals surface area (Å²) in [5, 5.41) is 14.1. The van der Waals surface area contributed by atoms with Crippen molar-refractivity contribution in [2.45, 2.75) is 26.3 Å². The summed E-state index contributed by atoms with van der Waals surface area (Å²) in [6.07, 6.45) is 1.04. The van der Waals surface area contributed by atoms with Crippen LogP contribution < -0.4 is 5.32 Å². The normalized spacial score (nSPS) is 12.6. The van der Waals surface area contributed by atoms with Crippen LogP contribution in [0.5, 0.6) is 0 Å². The number of aromatic nitrogens is 2. The van der Waals surface area contributed by atoms with Crippen LogP contribution >= 0.6 is 33.9 Å². The predicted molar refractivity (Wildman–Crippen MR) is 84.8 cm³/mol. The van der Waals surface area contributed by atoms with Gasteiger partial charge in [0.15, 0.2) is 0 Å². The standard InChI is InChI=1S/C13H16IN3S/c1-3-11(15-4-2)13-17-16-12(18-13)9-6-5-7-10(14)8-9/h5-8,11,15H,3-4H2,1-2H3. The van der Waals surface area contributed by atoms with Crippen molar-refractivity contribution in [3.63, 3.8) is 0 Å². The molecule has 2 aromatic rings. The molecule has 5 heteroatoms. The maximum Gasteiger partial charge on any atom is 0.147 e. The number of hydrogen-bond acceptors (Lipinski definition) is 4. The van der Waals surface area contributed by atoms with E-state index in [2.05, 4.69) is 76.2 Å². The van der Waals surface area contributed by atoms with Gasteiger partial charge in [0.2, 0.25) is 0 Å². The summed E-state index contributed by atoms with van der Waals surface area (Å²) in [6.45, 7) is 5.24. The van der Waals surface area contributed by atoms with Gasteiger partial charge in [0, 0.05) is 9.13 Å². The number of rotatable bonds is 5. The highest BCUT2D eigenvalue weighted by molar-refractivity contribution is 14.1. The summed E-state index contributed by atoms with van der Waals surface area (Å²) in [6, 6.07) is 8.68. The first-order valence-electron chi connectivity index (χ1n) is 6.07. The Morgan fingerprint density at radius 1 is 1.33 bits per heavy atom. The minimum absolute atomic E-state index is 0.323. The van der Waals surface area contributed by atoms with Gasteiger partial charge in [0.1, 0.15) is 10.0 Å². The molecule has 0 saturated carbocycles. The van der Waals surface area contributed by atoms with E-state index in [1.54, 1.807) is 11.3 Å². The first-order chi connectivity index (χ1) is 8.74. The van der Waals surface area contributed by atoms with Gasteiger partial charge in [0.25, 0.3) is 0 Å². The lowest BCUT2D eigenvalue weighted by Crippen LogP contribution is -2.19. The van der Waals surface area contributed by atoms with E-state index < -0.39 is 0 Å². The van der Waals surface area contributed by atoms with Crippen LogP contribution in [0.15, 0.2) is 24.3 Å². The van der Waals surface area contributed by atoms with E-state index in [0.29, 0.717) is 6.04 Å². The molecule has 0 saturated heterocycles. The van der Waals surface area contributed by atoms with Crippen LogP contribution in [-0.4, -0.2) is 16.7 Å². The molecule has 3 nitrogen and oxygen atoms in total. The molecule has 2 rings (SSSR count). The number of halogens is 1. The quantitative estimate of drug-likeness (QED) is 0.809. The van der Waals surface area contributed by atoms with Crippen molar-refractivity contribution < 1.29 is 0 Å². The Morgan fingerprint density at radius 2 is 2.17 bits per heavy atom. The Balaban J connectivity index is 2.24. The first-order valence-corrected chi connectivity index (χ1v) is 7.96. The lowest BCUT2D eigenvalue weighted by Gasteiger charge is -2.10. The number of benzene rings is 1. The predicted octanol–water partition coefficient (Wildman–Crippen LogP) is 3.87. The highest BCUT2D eigenvalue weighted by atomic mass is 127. The summed E-state index contributed by atoms with van der Waals surface area (Å²) in [5.41, 5.74) is 1.15. The van der Waals surface area contributed by atoms with Crippen LogP contribution in [0.3, 0.4) is 0 Å². The molecule has 96 valence electrons. The summed E-state index contributed by atoms with van der Waals surface area (Å²) in [5.74, 6) is 0. The van der Waals surface area contributed by atoms with Gasteiger partial charge in [-0.3, -0.25) is 0 Å². The van der Waals surface area contributed by atoms with E-state index >= 15 is 0 Å². The van der Waals surface area contributed by atoms with Gasteiger partial charge >= 0.3 is 0 Å². The van der Waals surface area contributed by atoms with Crippen molar-refractivity contribution in [3.05, 3.63) is 32.8 Å². The average Bonchev–Trinajstić information content (AvgIpc) is 2.85. The number of hydrogen-bond donors (Lipinski definition) is 1. The summed E-state index contributed by atoms with van der Waals surface area (Å²) in [7, 11) is 0. The van der Waals surface area contributed by atoms with E-state index in [1.165, 1.54) is 3.57 Å². The summed E-state index contributed by atoms with van der Waals surface area (Å²) >= 11 is 4.00. The van der Waals surface area contributed by atoms with Crippen molar-refractivity contribution in [2.24, 2.45) is 0 Å². The molecule has 0 aliphatic rings. The topological polar surface area (TPSA) is 37.8 Å². The maximum atomic E-state index is 4.32. The maximum absolute atomic E-state index is 4.32. The zero-order valence-corrected chi connectivity index (χ0v) is 13.5. The van der Waals surface area contributed by atoms with Gasteiger partial charge in [-0.05, 0) is 47.7 Å². The Hall–Kier alpha value is -0.530. The molecule has 1 aromatic carbocycles. The molecule has 0 aliphatic heterocycles. The number of nitrogens with zero attached hydrogens (tertiary/aromatic N) is 2. The van der Waals surface area contributed by atoms with Gasteiger partial charge in [-0.2, -0.15) is 0 Å². The molecule has 1 heterocycles. The molecule has 1 aromatic heterocycles. The van der Waals surface area contributed by atoms with E-state index in [9.17, 15) is 0 Å². The van der Waals surface area contributed by atoms with E-state index in [1.807, 2.05) is 0 Å². The van der Waals surface area contributed by atoms with Crippen LogP contribution in [0.1, 0.15) is 31.3 Å². The minimum Gasteiger partial charge on any atom is -0.308 e. The second-order valence-electron chi connectivity index (χ2n) is 3.97. The van der Waals surface area contributed by atoms with Gasteiger partial charge in [-0.25, -0.2) is 0 Å². The third-order valence-corrected chi connectivity index (χ3v) is 4.43. The fraction of sp³-hybridized carbons (Fsp3) is 0.385. The molecule has 0 aliphatic carbocycles. The average molecular weight is 373 g/mol. The van der Waals surface area contributed by atoms with Gasteiger partial charge in [-0.1, -0.05) is 37.3 Å². The van der Waals surface area contributed by atoms with Crippen LogP contribution in [-0.2, 0) is 0 Å². The molecular weight excluding hydrogens is 357 g/mol. The molecule has 18 heavy (non-hydrogen) atoms. The van der Waals surface area contributed by atoms with Crippen molar-refractivity contribution in [1.82, 2.24) is 15.5 Å². The lowest BCUT2D eigenvalue weighted by atomic mass is 10.2. The first kappa shape index (κ1) is 13.9. The third kappa shape index (κ3) is 3.27. The van der Waals surface area contributed by atoms with E-state index in [0.717, 1.165) is 28.5 Å². The highest BCUT2D eigenvalue weighted by Gasteiger charge is 2.14. The van der Waals surface area contributed by atoms with Crippen molar-refractivity contribution in [3.8, 4) is 10.6 Å². The molecule has 0 fully saturated rings. The Labute approximate surface area is 125 Å². The molecule has 0 spiro atoms. The second kappa shape index (κ2) is 6.58. The second-order valence-corrected chi connectivity index (χ2v) is 6.23. The van der Waals surface area contributed by atoms with Crippen LogP contribution in [0.4, 0.5) is 0 Å². The molecule has 0 bridgehead atoms. The fourth-order valence-electron chi connectivity index (χ4n) is 1.77. The highest BCUT2D eigenvalue weighted by Crippen LogP contribution is 2.28. The van der Waals surface area contributed by atoms with E-state index in [-0.39, 0.29) is 0 Å². The Bertz CT molecular complexity index is 512. The SMILES string of the molecule is CCNC(CC)c1nnc(-c2cccc(I)c2)s1.